The number of rotatable bonds is 2. The van der Waals surface area contributed by atoms with Crippen LogP contribution in [0.2, 0.25) is 0 Å². The van der Waals surface area contributed by atoms with E-state index >= 15 is 0 Å². The van der Waals surface area contributed by atoms with Crippen molar-refractivity contribution in [1.82, 2.24) is 0 Å². The molecular weight excluding hydrogens is 270 g/mol. The highest BCUT2D eigenvalue weighted by Gasteiger charge is 2.34. The third-order valence-electron chi connectivity index (χ3n) is 4.18. The van der Waals surface area contributed by atoms with E-state index in [9.17, 15) is 14.4 Å². The van der Waals surface area contributed by atoms with Crippen LogP contribution in [-0.4, -0.2) is 30.8 Å². The lowest BCUT2D eigenvalue weighted by Crippen LogP contribution is -2.28. The minimum Gasteiger partial charge on any atom is -0.369 e. The molecule has 3 amide bonds. The lowest BCUT2D eigenvalue weighted by atomic mass is 10.1. The number of carbonyl (C=O) groups is 3. The van der Waals surface area contributed by atoms with Crippen LogP contribution in [0.4, 0.5) is 11.4 Å². The van der Waals surface area contributed by atoms with Gasteiger partial charge in [0, 0.05) is 37.8 Å². The van der Waals surface area contributed by atoms with Gasteiger partial charge in [-0.3, -0.25) is 14.4 Å². The fourth-order valence-electron chi connectivity index (χ4n) is 3.03. The molecule has 2 aliphatic rings. The van der Waals surface area contributed by atoms with Crippen LogP contribution in [0.25, 0.3) is 0 Å². The van der Waals surface area contributed by atoms with Crippen molar-refractivity contribution in [3.63, 3.8) is 0 Å². The minimum absolute atomic E-state index is 0.0209. The molecule has 2 N–H and O–H groups in total. The van der Waals surface area contributed by atoms with E-state index in [0.717, 1.165) is 23.4 Å². The van der Waals surface area contributed by atoms with Crippen LogP contribution in [0.5, 0.6) is 0 Å². The van der Waals surface area contributed by atoms with Crippen LogP contribution in [0, 0.1) is 5.92 Å². The Morgan fingerprint density at radius 3 is 2.71 bits per heavy atom. The van der Waals surface area contributed by atoms with Crippen molar-refractivity contribution in [1.29, 1.82) is 0 Å². The molecule has 0 spiro atoms. The highest BCUT2D eigenvalue weighted by atomic mass is 16.2. The highest BCUT2D eigenvalue weighted by Crippen LogP contribution is 2.33. The van der Waals surface area contributed by atoms with Gasteiger partial charge < -0.3 is 15.5 Å². The third kappa shape index (κ3) is 2.26. The van der Waals surface area contributed by atoms with Crippen LogP contribution in [0.1, 0.15) is 18.9 Å². The predicted molar refractivity (Wildman–Crippen MR) is 77.8 cm³/mol. The largest absolute Gasteiger partial charge is 0.369 e. The molecule has 1 fully saturated rings. The smallest absolute Gasteiger partial charge is 0.227 e. The molecule has 3 rings (SSSR count). The van der Waals surface area contributed by atoms with Gasteiger partial charge in [0.15, 0.2) is 0 Å². The Morgan fingerprint density at radius 2 is 2.10 bits per heavy atom. The Kier molecular flexibility index (Phi) is 3.16. The summed E-state index contributed by atoms with van der Waals surface area (Å²) >= 11 is 0. The molecule has 21 heavy (non-hydrogen) atoms. The summed E-state index contributed by atoms with van der Waals surface area (Å²) in [5.74, 6) is -0.915. The molecular formula is C15H17N3O3. The number of amides is 3. The Hall–Kier alpha value is -2.37. The molecule has 0 saturated carbocycles. The van der Waals surface area contributed by atoms with E-state index in [-0.39, 0.29) is 18.2 Å². The normalized spacial score (nSPS) is 20.8. The van der Waals surface area contributed by atoms with E-state index in [0.29, 0.717) is 13.1 Å². The topological polar surface area (TPSA) is 83.7 Å². The number of benzene rings is 1. The summed E-state index contributed by atoms with van der Waals surface area (Å²) in [7, 11) is 0. The summed E-state index contributed by atoms with van der Waals surface area (Å²) < 4.78 is 0. The molecule has 110 valence electrons. The molecule has 0 radical (unpaired) electrons. The van der Waals surface area contributed by atoms with Gasteiger partial charge in [0.05, 0.1) is 5.92 Å². The van der Waals surface area contributed by atoms with Gasteiger partial charge >= 0.3 is 0 Å². The molecule has 6 heteroatoms. The van der Waals surface area contributed by atoms with E-state index in [1.807, 2.05) is 18.2 Å². The molecule has 1 aromatic rings. The number of primary amides is 1. The van der Waals surface area contributed by atoms with Crippen LogP contribution in [0.3, 0.4) is 0 Å². The summed E-state index contributed by atoms with van der Waals surface area (Å²) in [6.07, 6.45) is 0.954. The Labute approximate surface area is 122 Å². The molecule has 0 aliphatic carbocycles. The van der Waals surface area contributed by atoms with E-state index in [1.54, 1.807) is 16.7 Å². The lowest BCUT2D eigenvalue weighted by Gasteiger charge is -2.19. The molecule has 1 saturated heterocycles. The van der Waals surface area contributed by atoms with Crippen molar-refractivity contribution in [2.75, 3.05) is 22.9 Å². The highest BCUT2D eigenvalue weighted by molar-refractivity contribution is 6.01. The molecule has 1 atom stereocenters. The molecule has 0 bridgehead atoms. The number of hydrogen-bond donors (Lipinski definition) is 1. The standard InChI is InChI=1S/C15H17N3O3/c1-9(19)17-5-4-10-6-12(2-3-13(10)17)18-8-11(15(16)21)7-14(18)20/h2-3,6,11H,4-5,7-8H2,1H3,(H2,16,21). The number of fused-ring (bicyclic) bond motifs is 1. The van der Waals surface area contributed by atoms with E-state index in [4.69, 9.17) is 5.73 Å². The number of carbonyl (C=O) groups excluding carboxylic acids is 3. The van der Waals surface area contributed by atoms with Crippen LogP contribution in [0.15, 0.2) is 18.2 Å². The second-order valence-corrected chi connectivity index (χ2v) is 5.54. The zero-order valence-electron chi connectivity index (χ0n) is 11.8. The predicted octanol–water partition coefficient (Wildman–Crippen LogP) is 0.434. The van der Waals surface area contributed by atoms with Crippen LogP contribution in [-0.2, 0) is 20.8 Å². The first kappa shape index (κ1) is 13.6. The van der Waals surface area contributed by atoms with Crippen molar-refractivity contribution in [2.24, 2.45) is 11.7 Å². The first-order valence-electron chi connectivity index (χ1n) is 6.98. The molecule has 1 unspecified atom stereocenters. The fraction of sp³-hybridized carbons (Fsp3) is 0.400. The first-order chi connectivity index (χ1) is 9.97. The lowest BCUT2D eigenvalue weighted by molar-refractivity contribution is -0.123. The summed E-state index contributed by atoms with van der Waals surface area (Å²) in [5, 5.41) is 0. The number of nitrogens with zero attached hydrogens (tertiary/aromatic N) is 2. The first-order valence-corrected chi connectivity index (χ1v) is 6.98. The number of anilines is 2. The van der Waals surface area contributed by atoms with Gasteiger partial charge in [0.25, 0.3) is 0 Å². The maximum atomic E-state index is 12.0. The maximum Gasteiger partial charge on any atom is 0.227 e. The molecule has 1 aromatic carbocycles. The van der Waals surface area contributed by atoms with Gasteiger partial charge in [0.2, 0.25) is 17.7 Å². The molecule has 2 aliphatic heterocycles. The van der Waals surface area contributed by atoms with Crippen molar-refractivity contribution in [3.8, 4) is 0 Å². The fourth-order valence-corrected chi connectivity index (χ4v) is 3.03. The molecule has 0 aromatic heterocycles. The van der Waals surface area contributed by atoms with Crippen molar-refractivity contribution in [3.05, 3.63) is 23.8 Å². The van der Waals surface area contributed by atoms with E-state index in [2.05, 4.69) is 0 Å². The van der Waals surface area contributed by atoms with Gasteiger partial charge in [-0.2, -0.15) is 0 Å². The monoisotopic (exact) mass is 287 g/mol. The Morgan fingerprint density at radius 1 is 1.33 bits per heavy atom. The summed E-state index contributed by atoms with van der Waals surface area (Å²) in [5.41, 5.74) is 8.01. The third-order valence-corrected chi connectivity index (χ3v) is 4.18. The maximum absolute atomic E-state index is 12.0. The van der Waals surface area contributed by atoms with Crippen LogP contribution >= 0.6 is 0 Å². The number of hydrogen-bond acceptors (Lipinski definition) is 3. The van der Waals surface area contributed by atoms with Crippen molar-refractivity contribution in [2.45, 2.75) is 19.8 Å². The molecule has 6 nitrogen and oxygen atoms in total. The quantitative estimate of drug-likeness (QED) is 0.856. The molecule has 2 heterocycles. The van der Waals surface area contributed by atoms with Gasteiger partial charge in [-0.1, -0.05) is 0 Å². The van der Waals surface area contributed by atoms with Gasteiger partial charge in [-0.25, -0.2) is 0 Å². The van der Waals surface area contributed by atoms with Gasteiger partial charge in [0.1, 0.15) is 0 Å². The SMILES string of the molecule is CC(=O)N1CCc2cc(N3CC(C(N)=O)CC3=O)ccc21. The van der Waals surface area contributed by atoms with E-state index < -0.39 is 11.8 Å². The van der Waals surface area contributed by atoms with Crippen LogP contribution < -0.4 is 15.5 Å². The Balaban J connectivity index is 1.87. The minimum atomic E-state index is -0.435. The summed E-state index contributed by atoms with van der Waals surface area (Å²) in [4.78, 5) is 38.1. The van der Waals surface area contributed by atoms with Crippen molar-refractivity contribution < 1.29 is 14.4 Å². The number of nitrogens with two attached hydrogens (primary N) is 1. The zero-order chi connectivity index (χ0) is 15.1. The zero-order valence-corrected chi connectivity index (χ0v) is 11.8. The van der Waals surface area contributed by atoms with Gasteiger partial charge in [-0.15, -0.1) is 0 Å². The van der Waals surface area contributed by atoms with Crippen molar-refractivity contribution >= 4 is 29.1 Å². The average molecular weight is 287 g/mol. The Bertz CT molecular complexity index is 641. The second-order valence-electron chi connectivity index (χ2n) is 5.54. The van der Waals surface area contributed by atoms with Gasteiger partial charge in [-0.05, 0) is 30.2 Å². The van der Waals surface area contributed by atoms with E-state index in [1.165, 1.54) is 0 Å². The summed E-state index contributed by atoms with van der Waals surface area (Å²) in [6.45, 7) is 2.56. The second kappa shape index (κ2) is 4.87. The summed E-state index contributed by atoms with van der Waals surface area (Å²) in [6, 6.07) is 5.62. The average Bonchev–Trinajstić information content (AvgIpc) is 3.01.